The first-order valence-corrected chi connectivity index (χ1v) is 12.8. The first kappa shape index (κ1) is 25.2. The van der Waals surface area contributed by atoms with Gasteiger partial charge in [-0.15, -0.1) is 0 Å². The van der Waals surface area contributed by atoms with E-state index in [0.29, 0.717) is 31.0 Å². The monoisotopic (exact) mass is 508 g/mol. The second kappa shape index (κ2) is 11.7. The number of benzene rings is 4. The Kier molecular flexibility index (Phi) is 7.78. The van der Waals surface area contributed by atoms with Gasteiger partial charge >= 0.3 is 0 Å². The van der Waals surface area contributed by atoms with Gasteiger partial charge in [-0.25, -0.2) is 0 Å². The van der Waals surface area contributed by atoms with Crippen molar-refractivity contribution in [3.63, 3.8) is 0 Å². The average Bonchev–Trinajstić information content (AvgIpc) is 3.00. The number of carbonyl (C=O) groups excluding carboxylic acids is 1. The SMILES string of the molecule is COc1ccc(N2CCN(C(=O)c3ccc(OC)c(COc4ccc(-c5ccccc5)cc4)c3)CC2)cc1. The van der Waals surface area contributed by atoms with Crippen molar-refractivity contribution in [1.82, 2.24) is 4.90 Å². The second-order valence-electron chi connectivity index (χ2n) is 9.18. The average molecular weight is 509 g/mol. The van der Waals surface area contributed by atoms with Crippen LogP contribution >= 0.6 is 0 Å². The van der Waals surface area contributed by atoms with Crippen LogP contribution in [0.3, 0.4) is 0 Å². The van der Waals surface area contributed by atoms with E-state index in [4.69, 9.17) is 14.2 Å². The van der Waals surface area contributed by atoms with Gasteiger partial charge in [0.05, 0.1) is 14.2 Å². The van der Waals surface area contributed by atoms with E-state index in [0.717, 1.165) is 47.0 Å². The van der Waals surface area contributed by atoms with Gasteiger partial charge in [0, 0.05) is 43.0 Å². The van der Waals surface area contributed by atoms with Crippen LogP contribution in [0.4, 0.5) is 5.69 Å². The normalized spacial score (nSPS) is 13.2. The molecular weight excluding hydrogens is 476 g/mol. The van der Waals surface area contributed by atoms with Crippen LogP contribution in [0.5, 0.6) is 17.2 Å². The Balaban J connectivity index is 1.21. The van der Waals surface area contributed by atoms with Gasteiger partial charge in [-0.2, -0.15) is 0 Å². The minimum absolute atomic E-state index is 0.0236. The fraction of sp³-hybridized carbons (Fsp3) is 0.219. The summed E-state index contributed by atoms with van der Waals surface area (Å²) in [7, 11) is 3.30. The predicted octanol–water partition coefficient (Wildman–Crippen LogP) is 5.91. The Hall–Kier alpha value is -4.45. The zero-order chi connectivity index (χ0) is 26.3. The molecule has 5 rings (SSSR count). The fourth-order valence-corrected chi connectivity index (χ4v) is 4.70. The molecule has 6 heteroatoms. The first-order valence-electron chi connectivity index (χ1n) is 12.8. The summed E-state index contributed by atoms with van der Waals surface area (Å²) in [6.07, 6.45) is 0. The van der Waals surface area contributed by atoms with Gasteiger partial charge in [0.1, 0.15) is 23.9 Å². The first-order chi connectivity index (χ1) is 18.6. The number of hydrogen-bond acceptors (Lipinski definition) is 5. The van der Waals surface area contributed by atoms with E-state index in [-0.39, 0.29) is 5.91 Å². The van der Waals surface area contributed by atoms with Crippen LogP contribution in [0.25, 0.3) is 11.1 Å². The van der Waals surface area contributed by atoms with Crippen molar-refractivity contribution in [2.45, 2.75) is 6.61 Å². The third kappa shape index (κ3) is 5.75. The number of carbonyl (C=O) groups is 1. The summed E-state index contributed by atoms with van der Waals surface area (Å²) in [5.41, 5.74) is 4.91. The zero-order valence-electron chi connectivity index (χ0n) is 21.8. The van der Waals surface area contributed by atoms with E-state index < -0.39 is 0 Å². The highest BCUT2D eigenvalue weighted by atomic mass is 16.5. The summed E-state index contributed by atoms with van der Waals surface area (Å²) in [4.78, 5) is 17.5. The van der Waals surface area contributed by atoms with E-state index in [1.54, 1.807) is 14.2 Å². The van der Waals surface area contributed by atoms with Crippen LogP contribution < -0.4 is 19.1 Å². The van der Waals surface area contributed by atoms with Crippen molar-refractivity contribution < 1.29 is 19.0 Å². The Morgan fingerprint density at radius 3 is 2.03 bits per heavy atom. The lowest BCUT2D eigenvalue weighted by Gasteiger charge is -2.36. The molecule has 38 heavy (non-hydrogen) atoms. The molecule has 4 aromatic carbocycles. The molecule has 0 radical (unpaired) electrons. The van der Waals surface area contributed by atoms with E-state index >= 15 is 0 Å². The maximum atomic E-state index is 13.3. The summed E-state index contributed by atoms with van der Waals surface area (Å²) in [5.74, 6) is 2.33. The number of piperazine rings is 1. The van der Waals surface area contributed by atoms with Crippen LogP contribution in [-0.4, -0.2) is 51.2 Å². The minimum atomic E-state index is 0.0236. The van der Waals surface area contributed by atoms with Crippen LogP contribution in [0.1, 0.15) is 15.9 Å². The summed E-state index contributed by atoms with van der Waals surface area (Å²) >= 11 is 0. The number of rotatable bonds is 8. The van der Waals surface area contributed by atoms with Gasteiger partial charge in [-0.1, -0.05) is 42.5 Å². The topological polar surface area (TPSA) is 51.2 Å². The molecule has 1 heterocycles. The smallest absolute Gasteiger partial charge is 0.253 e. The highest BCUT2D eigenvalue weighted by Gasteiger charge is 2.23. The minimum Gasteiger partial charge on any atom is -0.497 e. The molecule has 0 saturated carbocycles. The molecular formula is C32H32N2O4. The molecule has 0 bridgehead atoms. The number of nitrogens with zero attached hydrogens (tertiary/aromatic N) is 2. The quantitative estimate of drug-likeness (QED) is 0.296. The van der Waals surface area contributed by atoms with Gasteiger partial charge in [0.25, 0.3) is 5.91 Å². The molecule has 0 N–H and O–H groups in total. The van der Waals surface area contributed by atoms with Crippen molar-refractivity contribution >= 4 is 11.6 Å². The number of amides is 1. The lowest BCUT2D eigenvalue weighted by molar-refractivity contribution is 0.0746. The fourth-order valence-electron chi connectivity index (χ4n) is 4.70. The highest BCUT2D eigenvalue weighted by Crippen LogP contribution is 2.26. The lowest BCUT2D eigenvalue weighted by atomic mass is 10.1. The molecule has 1 saturated heterocycles. The molecule has 0 unspecified atom stereocenters. The van der Waals surface area contributed by atoms with E-state index in [1.807, 2.05) is 77.7 Å². The number of hydrogen-bond donors (Lipinski definition) is 0. The highest BCUT2D eigenvalue weighted by molar-refractivity contribution is 5.94. The van der Waals surface area contributed by atoms with Crippen LogP contribution in [0.15, 0.2) is 97.1 Å². The maximum absolute atomic E-state index is 13.3. The molecule has 0 aromatic heterocycles. The lowest BCUT2D eigenvalue weighted by Crippen LogP contribution is -2.48. The largest absolute Gasteiger partial charge is 0.497 e. The summed E-state index contributed by atoms with van der Waals surface area (Å²) in [6, 6.07) is 31.9. The third-order valence-corrected chi connectivity index (χ3v) is 6.89. The summed E-state index contributed by atoms with van der Waals surface area (Å²) in [5, 5.41) is 0. The van der Waals surface area contributed by atoms with E-state index in [9.17, 15) is 4.79 Å². The molecule has 0 spiro atoms. The summed E-state index contributed by atoms with van der Waals surface area (Å²) < 4.78 is 16.9. The van der Waals surface area contributed by atoms with E-state index in [2.05, 4.69) is 29.2 Å². The zero-order valence-corrected chi connectivity index (χ0v) is 21.8. The van der Waals surface area contributed by atoms with Crippen molar-refractivity contribution in [3.05, 3.63) is 108 Å². The van der Waals surface area contributed by atoms with Gasteiger partial charge in [0.2, 0.25) is 0 Å². The predicted molar refractivity (Wildman–Crippen MR) is 150 cm³/mol. The standard InChI is InChI=1S/C32H32N2O4/c1-36-29-15-11-28(12-16-29)33-18-20-34(21-19-33)32(35)26-10-17-31(37-2)27(22-26)23-38-30-13-8-25(9-14-30)24-6-4-3-5-7-24/h3-17,22H,18-21,23H2,1-2H3. The van der Waals surface area contributed by atoms with Crippen molar-refractivity contribution in [3.8, 4) is 28.4 Å². The second-order valence-corrected chi connectivity index (χ2v) is 9.18. The van der Waals surface area contributed by atoms with E-state index in [1.165, 1.54) is 0 Å². The van der Waals surface area contributed by atoms with Gasteiger partial charge < -0.3 is 24.0 Å². The van der Waals surface area contributed by atoms with Crippen LogP contribution in [-0.2, 0) is 6.61 Å². The maximum Gasteiger partial charge on any atom is 0.253 e. The Morgan fingerprint density at radius 2 is 1.37 bits per heavy atom. The molecule has 0 aliphatic carbocycles. The summed E-state index contributed by atoms with van der Waals surface area (Å²) in [6.45, 7) is 3.19. The number of anilines is 1. The van der Waals surface area contributed by atoms with Crippen LogP contribution in [0, 0.1) is 0 Å². The van der Waals surface area contributed by atoms with Crippen LogP contribution in [0.2, 0.25) is 0 Å². The molecule has 194 valence electrons. The molecule has 1 aliphatic heterocycles. The van der Waals surface area contributed by atoms with Crippen molar-refractivity contribution in [1.29, 1.82) is 0 Å². The molecule has 1 aliphatic rings. The van der Waals surface area contributed by atoms with Gasteiger partial charge in [-0.05, 0) is 65.7 Å². The molecule has 1 fully saturated rings. The molecule has 4 aromatic rings. The Morgan fingerprint density at radius 1 is 0.711 bits per heavy atom. The molecule has 0 atom stereocenters. The third-order valence-electron chi connectivity index (χ3n) is 6.89. The van der Waals surface area contributed by atoms with Crippen molar-refractivity contribution in [2.75, 3.05) is 45.3 Å². The Bertz CT molecular complexity index is 1350. The number of methoxy groups -OCH3 is 2. The van der Waals surface area contributed by atoms with Gasteiger partial charge in [0.15, 0.2) is 0 Å². The van der Waals surface area contributed by atoms with Crippen molar-refractivity contribution in [2.24, 2.45) is 0 Å². The molecule has 1 amide bonds. The van der Waals surface area contributed by atoms with Gasteiger partial charge in [-0.3, -0.25) is 4.79 Å². The Labute approximate surface area is 224 Å². The number of ether oxygens (including phenoxy) is 3. The molecule has 6 nitrogen and oxygen atoms in total.